The Morgan fingerprint density at radius 1 is 1.11 bits per heavy atom. The molecular formula is C14H10F3NO. The van der Waals surface area contributed by atoms with E-state index in [0.29, 0.717) is 5.56 Å². The molecule has 0 aliphatic rings. The van der Waals surface area contributed by atoms with Crippen molar-refractivity contribution in [1.82, 2.24) is 0 Å². The Balaban J connectivity index is 2.28. The molecule has 0 aliphatic heterocycles. The van der Waals surface area contributed by atoms with Gasteiger partial charge in [0.05, 0.1) is 5.69 Å². The molecule has 0 aliphatic carbocycles. The summed E-state index contributed by atoms with van der Waals surface area (Å²) >= 11 is 0. The maximum absolute atomic E-state index is 13.4. The van der Waals surface area contributed by atoms with Crippen molar-refractivity contribution in [3.05, 3.63) is 65.0 Å². The Morgan fingerprint density at radius 3 is 2.53 bits per heavy atom. The fourth-order valence-corrected chi connectivity index (χ4v) is 1.67. The van der Waals surface area contributed by atoms with Crippen molar-refractivity contribution in [3.63, 3.8) is 0 Å². The molecule has 5 heteroatoms. The Kier molecular flexibility index (Phi) is 3.55. The number of hydrogen-bond donors (Lipinski definition) is 1. The summed E-state index contributed by atoms with van der Waals surface area (Å²) in [6, 6.07) is 7.09. The predicted octanol–water partition coefficient (Wildman–Crippen LogP) is 3.66. The van der Waals surface area contributed by atoms with Gasteiger partial charge in [-0.3, -0.25) is 4.79 Å². The molecule has 0 radical (unpaired) electrons. The first-order valence-electron chi connectivity index (χ1n) is 5.50. The average Bonchev–Trinajstić information content (AvgIpc) is 2.34. The Labute approximate surface area is 107 Å². The molecule has 0 bridgehead atoms. The minimum atomic E-state index is -1.13. The van der Waals surface area contributed by atoms with Crippen molar-refractivity contribution >= 4 is 11.6 Å². The minimum Gasteiger partial charge on any atom is -0.319 e. The van der Waals surface area contributed by atoms with Gasteiger partial charge < -0.3 is 5.32 Å². The van der Waals surface area contributed by atoms with Crippen molar-refractivity contribution in [2.45, 2.75) is 6.92 Å². The Morgan fingerprint density at radius 2 is 1.84 bits per heavy atom. The fourth-order valence-electron chi connectivity index (χ4n) is 1.67. The zero-order chi connectivity index (χ0) is 14.0. The molecule has 0 aromatic heterocycles. The number of rotatable bonds is 2. The third kappa shape index (κ3) is 2.76. The Hall–Kier alpha value is -2.30. The van der Waals surface area contributed by atoms with Gasteiger partial charge in [0.25, 0.3) is 5.91 Å². The lowest BCUT2D eigenvalue weighted by molar-refractivity contribution is 0.102. The van der Waals surface area contributed by atoms with E-state index in [0.717, 1.165) is 12.1 Å². The van der Waals surface area contributed by atoms with Gasteiger partial charge in [-0.05, 0) is 42.8 Å². The summed E-state index contributed by atoms with van der Waals surface area (Å²) in [6.07, 6.45) is 0. The first kappa shape index (κ1) is 13.1. The van der Waals surface area contributed by atoms with Gasteiger partial charge in [-0.2, -0.15) is 0 Å². The summed E-state index contributed by atoms with van der Waals surface area (Å²) in [5.74, 6) is -3.27. The number of amides is 1. The number of anilines is 1. The van der Waals surface area contributed by atoms with Crippen LogP contribution >= 0.6 is 0 Å². The van der Waals surface area contributed by atoms with Gasteiger partial charge in [-0.1, -0.05) is 6.07 Å². The Bertz CT molecular complexity index is 641. The van der Waals surface area contributed by atoms with E-state index in [1.165, 1.54) is 24.3 Å². The number of nitrogens with one attached hydrogen (secondary N) is 1. The van der Waals surface area contributed by atoms with Crippen LogP contribution in [0.4, 0.5) is 18.9 Å². The lowest BCUT2D eigenvalue weighted by Crippen LogP contribution is -2.14. The highest BCUT2D eigenvalue weighted by Crippen LogP contribution is 2.18. The number of carbonyl (C=O) groups is 1. The first-order chi connectivity index (χ1) is 8.99. The zero-order valence-corrected chi connectivity index (χ0v) is 10.0. The van der Waals surface area contributed by atoms with E-state index >= 15 is 0 Å². The first-order valence-corrected chi connectivity index (χ1v) is 5.50. The predicted molar refractivity (Wildman–Crippen MR) is 65.4 cm³/mol. The summed E-state index contributed by atoms with van der Waals surface area (Å²) in [4.78, 5) is 11.9. The van der Waals surface area contributed by atoms with E-state index < -0.39 is 23.4 Å². The van der Waals surface area contributed by atoms with Gasteiger partial charge in [0.2, 0.25) is 0 Å². The number of benzene rings is 2. The molecule has 0 unspecified atom stereocenters. The van der Waals surface area contributed by atoms with Gasteiger partial charge in [0.15, 0.2) is 11.6 Å². The van der Waals surface area contributed by atoms with Crippen LogP contribution in [0.15, 0.2) is 36.4 Å². The van der Waals surface area contributed by atoms with Crippen LogP contribution in [-0.2, 0) is 0 Å². The molecule has 0 heterocycles. The molecule has 2 aromatic carbocycles. The fraction of sp³-hybridized carbons (Fsp3) is 0.0714. The monoisotopic (exact) mass is 265 g/mol. The summed E-state index contributed by atoms with van der Waals surface area (Å²) in [6.45, 7) is 1.56. The number of hydrogen-bond acceptors (Lipinski definition) is 1. The van der Waals surface area contributed by atoms with Crippen LogP contribution in [0.2, 0.25) is 0 Å². The van der Waals surface area contributed by atoms with Crippen molar-refractivity contribution in [2.75, 3.05) is 5.32 Å². The van der Waals surface area contributed by atoms with Crippen LogP contribution in [0, 0.1) is 24.4 Å². The van der Waals surface area contributed by atoms with Crippen LogP contribution in [0.1, 0.15) is 15.9 Å². The molecule has 0 saturated carbocycles. The minimum absolute atomic E-state index is 0.199. The summed E-state index contributed by atoms with van der Waals surface area (Å²) in [5.41, 5.74) is 0.355. The quantitative estimate of drug-likeness (QED) is 0.882. The highest BCUT2D eigenvalue weighted by atomic mass is 19.2. The van der Waals surface area contributed by atoms with Crippen LogP contribution in [0.25, 0.3) is 0 Å². The van der Waals surface area contributed by atoms with Crippen LogP contribution < -0.4 is 5.32 Å². The summed E-state index contributed by atoms with van der Waals surface area (Å²) in [7, 11) is 0. The lowest BCUT2D eigenvalue weighted by Gasteiger charge is -2.08. The molecule has 2 rings (SSSR count). The highest BCUT2D eigenvalue weighted by Gasteiger charge is 2.14. The number of halogens is 3. The normalized spacial score (nSPS) is 10.3. The third-order valence-corrected chi connectivity index (χ3v) is 2.63. The van der Waals surface area contributed by atoms with Crippen molar-refractivity contribution < 1.29 is 18.0 Å². The van der Waals surface area contributed by atoms with Gasteiger partial charge in [-0.25, -0.2) is 13.2 Å². The molecule has 2 nitrogen and oxygen atoms in total. The second-order valence-electron chi connectivity index (χ2n) is 4.01. The second kappa shape index (κ2) is 5.14. The van der Waals surface area contributed by atoms with E-state index in [4.69, 9.17) is 0 Å². The molecule has 1 amide bonds. The number of aryl methyl sites for hydroxylation is 1. The van der Waals surface area contributed by atoms with Gasteiger partial charge in [0.1, 0.15) is 5.82 Å². The maximum Gasteiger partial charge on any atom is 0.256 e. The molecule has 19 heavy (non-hydrogen) atoms. The van der Waals surface area contributed by atoms with Crippen molar-refractivity contribution in [1.29, 1.82) is 0 Å². The van der Waals surface area contributed by atoms with E-state index in [-0.39, 0.29) is 11.3 Å². The van der Waals surface area contributed by atoms with Crippen molar-refractivity contribution in [2.24, 2.45) is 0 Å². The van der Waals surface area contributed by atoms with E-state index in [9.17, 15) is 18.0 Å². The third-order valence-electron chi connectivity index (χ3n) is 2.63. The van der Waals surface area contributed by atoms with E-state index in [1.54, 1.807) is 6.92 Å². The van der Waals surface area contributed by atoms with Gasteiger partial charge in [0, 0.05) is 5.56 Å². The molecule has 0 spiro atoms. The van der Waals surface area contributed by atoms with Gasteiger partial charge >= 0.3 is 0 Å². The molecule has 0 atom stereocenters. The SMILES string of the molecule is Cc1cc(F)ccc1C(=O)Nc1cccc(F)c1F. The summed E-state index contributed by atoms with van der Waals surface area (Å²) in [5, 5.41) is 2.25. The molecule has 2 aromatic rings. The summed E-state index contributed by atoms with van der Waals surface area (Å²) < 4.78 is 39.3. The molecule has 1 N–H and O–H groups in total. The van der Waals surface area contributed by atoms with E-state index in [2.05, 4.69) is 5.32 Å². The second-order valence-corrected chi connectivity index (χ2v) is 4.01. The van der Waals surface area contributed by atoms with Crippen molar-refractivity contribution in [3.8, 4) is 0 Å². The number of carbonyl (C=O) groups excluding carboxylic acids is 1. The lowest BCUT2D eigenvalue weighted by atomic mass is 10.1. The van der Waals surface area contributed by atoms with Crippen LogP contribution in [0.3, 0.4) is 0 Å². The highest BCUT2D eigenvalue weighted by molar-refractivity contribution is 6.05. The van der Waals surface area contributed by atoms with Crippen LogP contribution in [0.5, 0.6) is 0 Å². The van der Waals surface area contributed by atoms with E-state index in [1.807, 2.05) is 0 Å². The smallest absolute Gasteiger partial charge is 0.256 e. The zero-order valence-electron chi connectivity index (χ0n) is 10.0. The largest absolute Gasteiger partial charge is 0.319 e. The molecule has 98 valence electrons. The standard InChI is InChI=1S/C14H10F3NO/c1-8-7-9(15)5-6-10(8)14(19)18-12-4-2-3-11(16)13(12)17/h2-7H,1H3,(H,18,19). The van der Waals surface area contributed by atoms with Crippen LogP contribution in [-0.4, -0.2) is 5.91 Å². The topological polar surface area (TPSA) is 29.1 Å². The molecular weight excluding hydrogens is 255 g/mol. The van der Waals surface area contributed by atoms with Gasteiger partial charge in [-0.15, -0.1) is 0 Å². The maximum atomic E-state index is 13.4. The average molecular weight is 265 g/mol. The molecule has 0 saturated heterocycles. The molecule has 0 fully saturated rings.